The zero-order chi connectivity index (χ0) is 42.7. The van der Waals surface area contributed by atoms with Gasteiger partial charge in [0.05, 0.1) is 28.3 Å². The molecule has 1 amide bonds. The van der Waals surface area contributed by atoms with Crippen LogP contribution in [0, 0.1) is 6.92 Å². The lowest BCUT2D eigenvalue weighted by Crippen LogP contribution is -2.47. The summed E-state index contributed by atoms with van der Waals surface area (Å²) < 4.78 is 55.8. The molecule has 0 spiro atoms. The number of likely N-dealkylation sites (N-methyl/N-ethyl adjacent to an activating group) is 1. The van der Waals surface area contributed by atoms with Crippen molar-refractivity contribution >= 4 is 71.9 Å². The van der Waals surface area contributed by atoms with Gasteiger partial charge in [0.15, 0.2) is 11.5 Å². The smallest absolute Gasteiger partial charge is 0.278 e. The fraction of sp³-hybridized carbons (Fsp3) is 0.533. The molecule has 0 unspecified atom stereocenters. The number of hydrogen-bond acceptors (Lipinski definition) is 8. The van der Waals surface area contributed by atoms with Crippen molar-refractivity contribution in [1.29, 1.82) is 0 Å². The Morgan fingerprint density at radius 1 is 0.814 bits per heavy atom. The largest absolute Gasteiger partial charge is 0.370 e. The van der Waals surface area contributed by atoms with Gasteiger partial charge in [-0.25, -0.2) is 35.8 Å². The van der Waals surface area contributed by atoms with E-state index in [4.69, 9.17) is 21.6 Å². The van der Waals surface area contributed by atoms with Gasteiger partial charge >= 0.3 is 0 Å². The lowest BCUT2D eigenvalue weighted by atomic mass is 10.0. The van der Waals surface area contributed by atoms with Crippen LogP contribution in [0.5, 0.6) is 0 Å². The van der Waals surface area contributed by atoms with Crippen LogP contribution in [-0.4, -0.2) is 71.0 Å². The normalized spacial score (nSPS) is 13.9. The second-order valence-electron chi connectivity index (χ2n) is 15.4. The molecule has 0 atom stereocenters. The van der Waals surface area contributed by atoms with E-state index in [1.807, 2.05) is 30.9 Å². The number of halogens is 1. The highest BCUT2D eigenvalue weighted by Crippen LogP contribution is 2.34. The van der Waals surface area contributed by atoms with Gasteiger partial charge < -0.3 is 10.2 Å². The molecule has 0 fully saturated rings. The summed E-state index contributed by atoms with van der Waals surface area (Å²) in [5.74, 6) is -0.714. The molecule has 1 aliphatic rings. The minimum Gasteiger partial charge on any atom is -0.370 e. The number of amides is 1. The molecule has 11 nitrogen and oxygen atoms in total. The molecule has 0 radical (unpaired) electrons. The maximum absolute atomic E-state index is 14.4. The lowest BCUT2D eigenvalue weighted by molar-refractivity contribution is -0.110. The minimum absolute atomic E-state index is 0.0558. The van der Waals surface area contributed by atoms with Crippen LogP contribution in [-0.2, 0) is 24.8 Å². The number of nitrogens with one attached hydrogen (secondary N) is 2. The van der Waals surface area contributed by atoms with Crippen molar-refractivity contribution < 1.29 is 21.6 Å². The van der Waals surface area contributed by atoms with Crippen molar-refractivity contribution in [2.75, 3.05) is 42.7 Å². The van der Waals surface area contributed by atoms with Crippen molar-refractivity contribution in [3.8, 4) is 0 Å². The molecule has 3 aromatic rings. The number of hydrogen-bond donors (Lipinski definition) is 2. The molecule has 0 bridgehead atoms. The van der Waals surface area contributed by atoms with Gasteiger partial charge in [0, 0.05) is 31.9 Å². The molecular formula is C45H65ClN6O5S2. The Balaban J connectivity index is 1.51. The Morgan fingerprint density at radius 3 is 1.97 bits per heavy atom. The number of aryl methyl sites for hydroxylation is 1. The van der Waals surface area contributed by atoms with E-state index in [1.165, 1.54) is 81.4 Å². The van der Waals surface area contributed by atoms with Gasteiger partial charge in [-0.2, -0.15) is 0 Å². The van der Waals surface area contributed by atoms with Crippen LogP contribution in [0.4, 0.5) is 22.7 Å². The summed E-state index contributed by atoms with van der Waals surface area (Å²) in [7, 11) is -7.43. The number of benzene rings is 3. The lowest BCUT2D eigenvalue weighted by Gasteiger charge is -2.30. The molecule has 0 saturated carbocycles. The highest BCUT2D eigenvalue weighted by molar-refractivity contribution is 7.90. The monoisotopic (exact) mass is 868 g/mol. The van der Waals surface area contributed by atoms with Crippen LogP contribution in [0.25, 0.3) is 0 Å². The molecule has 2 N–H and O–H groups in total. The van der Waals surface area contributed by atoms with E-state index in [0.29, 0.717) is 35.9 Å². The van der Waals surface area contributed by atoms with Gasteiger partial charge in [-0.1, -0.05) is 139 Å². The number of nitrogens with zero attached hydrogens (tertiary/aromatic N) is 4. The van der Waals surface area contributed by atoms with Crippen molar-refractivity contribution in [3.05, 3.63) is 77.3 Å². The molecule has 1 heterocycles. The highest BCUT2D eigenvalue weighted by atomic mass is 35.5. The van der Waals surface area contributed by atoms with Gasteiger partial charge in [0.25, 0.3) is 15.9 Å². The molecule has 0 aliphatic carbocycles. The third-order valence-corrected chi connectivity index (χ3v) is 13.5. The Kier molecular flexibility index (Phi) is 19.9. The summed E-state index contributed by atoms with van der Waals surface area (Å²) in [6, 6.07) is 18.9. The van der Waals surface area contributed by atoms with E-state index < -0.39 is 26.0 Å². The molecular weight excluding hydrogens is 804 g/mol. The number of aliphatic imine (C=N–C) groups is 2. The number of carbonyl (C=O) groups is 1. The maximum atomic E-state index is 14.4. The second kappa shape index (κ2) is 24.5. The number of fused-ring (bicyclic) bond motifs is 1. The van der Waals surface area contributed by atoms with Crippen molar-refractivity contribution in [1.82, 2.24) is 9.03 Å². The van der Waals surface area contributed by atoms with Crippen LogP contribution in [0.2, 0.25) is 5.02 Å². The topological polar surface area (TPSA) is 141 Å². The van der Waals surface area contributed by atoms with Crippen LogP contribution in [0.1, 0.15) is 122 Å². The van der Waals surface area contributed by atoms with E-state index in [2.05, 4.69) is 17.0 Å². The second-order valence-corrected chi connectivity index (χ2v) is 19.5. The maximum Gasteiger partial charge on any atom is 0.278 e. The predicted molar refractivity (Wildman–Crippen MR) is 246 cm³/mol. The number of unbranched alkanes of at least 4 members (excludes halogenated alkanes) is 15. The standard InChI is InChI=1S/C45H65ClN6O5S2/c1-5-7-8-9-10-11-12-13-14-15-16-17-18-19-20-25-33-52-44(49-41-28-23-24-29-42(41)59(52,56)57)43(45(53)50-40-27-22-21-26-38(40)46)48-39-31-30-37(35-36(39)3)51(6-2)34-32-47-58(4,54)55/h21-24,26-31,35,47H,5-20,25,32-34H2,1-4H3,(H,50,53). The average molecular weight is 870 g/mol. The fourth-order valence-electron chi connectivity index (χ4n) is 7.24. The summed E-state index contributed by atoms with van der Waals surface area (Å²) in [5.41, 5.74) is 2.44. The number of rotatable bonds is 27. The number of anilines is 2. The quantitative estimate of drug-likeness (QED) is 0.0577. The molecule has 0 aromatic heterocycles. The molecule has 0 saturated heterocycles. The Hall–Kier alpha value is -3.78. The Labute approximate surface area is 359 Å². The number of para-hydroxylation sites is 2. The van der Waals surface area contributed by atoms with Gasteiger partial charge in [-0.05, 0) is 68.3 Å². The third kappa shape index (κ3) is 15.3. The average Bonchev–Trinajstić information content (AvgIpc) is 3.20. The molecule has 1 aliphatic heterocycles. The van der Waals surface area contributed by atoms with Gasteiger partial charge in [-0.15, -0.1) is 0 Å². The first-order valence-corrected chi connectivity index (χ1v) is 25.2. The van der Waals surface area contributed by atoms with Gasteiger partial charge in [0.2, 0.25) is 10.0 Å². The Bertz CT molecular complexity index is 2090. The zero-order valence-electron chi connectivity index (χ0n) is 35.5. The molecule has 59 heavy (non-hydrogen) atoms. The molecule has 4 rings (SSSR count). The zero-order valence-corrected chi connectivity index (χ0v) is 37.9. The summed E-state index contributed by atoms with van der Waals surface area (Å²) in [4.78, 5) is 26.1. The van der Waals surface area contributed by atoms with E-state index in [1.54, 1.807) is 54.6 Å². The molecule has 324 valence electrons. The van der Waals surface area contributed by atoms with Crippen LogP contribution >= 0.6 is 11.6 Å². The molecule has 3 aromatic carbocycles. The number of carbonyl (C=O) groups excluding carboxylic acids is 1. The minimum atomic E-state index is -4.10. The third-order valence-electron chi connectivity index (χ3n) is 10.6. The van der Waals surface area contributed by atoms with E-state index in [0.717, 1.165) is 36.8 Å². The van der Waals surface area contributed by atoms with Crippen LogP contribution in [0.15, 0.2) is 81.6 Å². The van der Waals surface area contributed by atoms with Gasteiger partial charge in [0.1, 0.15) is 4.90 Å². The summed E-state index contributed by atoms with van der Waals surface area (Å²) >= 11 is 6.45. The number of amidine groups is 1. The van der Waals surface area contributed by atoms with Crippen molar-refractivity contribution in [3.63, 3.8) is 0 Å². The number of sulfonamides is 2. The van der Waals surface area contributed by atoms with Crippen LogP contribution < -0.4 is 14.9 Å². The van der Waals surface area contributed by atoms with E-state index in [-0.39, 0.29) is 35.2 Å². The summed E-state index contributed by atoms with van der Waals surface area (Å²) in [6.45, 7) is 7.54. The summed E-state index contributed by atoms with van der Waals surface area (Å²) in [5, 5.41) is 3.17. The first-order valence-electron chi connectivity index (χ1n) is 21.5. The first-order chi connectivity index (χ1) is 28.4. The van der Waals surface area contributed by atoms with Crippen molar-refractivity contribution in [2.45, 2.75) is 128 Å². The first kappa shape index (κ1) is 47.9. The molecule has 14 heteroatoms. The summed E-state index contributed by atoms with van der Waals surface area (Å²) in [6.07, 6.45) is 20.4. The van der Waals surface area contributed by atoms with Crippen molar-refractivity contribution in [2.24, 2.45) is 9.98 Å². The SMILES string of the molecule is CCCCCCCCCCCCCCCCCCN1C(C(=Nc2ccc(N(CC)CCNS(C)(=O)=O)cc2C)C(=O)Nc2ccccc2Cl)=Nc2ccccc2S1(=O)=O. The fourth-order valence-corrected chi connectivity index (χ4v) is 9.47. The predicted octanol–water partition coefficient (Wildman–Crippen LogP) is 10.7. The van der Waals surface area contributed by atoms with Gasteiger partial charge in [-0.3, -0.25) is 4.79 Å². The highest BCUT2D eigenvalue weighted by Gasteiger charge is 2.38. The van der Waals surface area contributed by atoms with Crippen LogP contribution in [0.3, 0.4) is 0 Å². The van der Waals surface area contributed by atoms with E-state index in [9.17, 15) is 21.6 Å². The van der Waals surface area contributed by atoms with E-state index >= 15 is 0 Å². The Morgan fingerprint density at radius 2 is 1.39 bits per heavy atom.